The summed E-state index contributed by atoms with van der Waals surface area (Å²) in [6, 6.07) is 7.96. The minimum Gasteiger partial charge on any atom is -0.372 e. The lowest BCUT2D eigenvalue weighted by atomic mass is 9.78. The molecule has 132 valence electrons. The van der Waals surface area contributed by atoms with Crippen molar-refractivity contribution in [3.05, 3.63) is 29.8 Å². The van der Waals surface area contributed by atoms with E-state index in [0.29, 0.717) is 0 Å². The Kier molecular flexibility index (Phi) is 4.71. The lowest BCUT2D eigenvalue weighted by Crippen LogP contribution is -2.59. The van der Waals surface area contributed by atoms with Crippen LogP contribution in [-0.2, 0) is 14.9 Å². The third kappa shape index (κ3) is 3.50. The summed E-state index contributed by atoms with van der Waals surface area (Å²) in [6.07, 6.45) is 3.50. The molecular weight excluding hydrogens is 300 g/mol. The fourth-order valence-electron chi connectivity index (χ4n) is 3.73. The molecule has 3 rings (SSSR count). The Morgan fingerprint density at radius 2 is 2.00 bits per heavy atom. The number of hydrogen-bond acceptors (Lipinski definition) is 3. The van der Waals surface area contributed by atoms with E-state index in [9.17, 15) is 4.79 Å². The quantitative estimate of drug-likeness (QED) is 0.921. The van der Waals surface area contributed by atoms with Gasteiger partial charge in [0.2, 0.25) is 5.91 Å². The topological polar surface area (TPSA) is 41.6 Å². The van der Waals surface area contributed by atoms with Gasteiger partial charge in [-0.15, -0.1) is 0 Å². The lowest BCUT2D eigenvalue weighted by Gasteiger charge is -2.49. The smallest absolute Gasteiger partial charge is 0.241 e. The summed E-state index contributed by atoms with van der Waals surface area (Å²) in [5, 5.41) is 3.16. The van der Waals surface area contributed by atoms with Gasteiger partial charge in [-0.3, -0.25) is 9.69 Å². The molecule has 0 bridgehead atoms. The first-order valence-corrected chi connectivity index (χ1v) is 9.09. The molecule has 1 aromatic rings. The predicted octanol–water partition coefficient (Wildman–Crippen LogP) is 3.57. The molecule has 1 aromatic carbocycles. The second-order valence-corrected chi connectivity index (χ2v) is 8.32. The molecule has 0 radical (unpaired) electrons. The fraction of sp³-hybridized carbons (Fsp3) is 0.650. The first-order valence-electron chi connectivity index (χ1n) is 9.09. The molecule has 1 aliphatic heterocycles. The Morgan fingerprint density at radius 1 is 1.29 bits per heavy atom. The van der Waals surface area contributed by atoms with E-state index in [1.807, 2.05) is 25.1 Å². The standard InChI is InChI=1S/C20H30N2O2/c1-15(22-12-13-24-20(14-22)10-7-11-20)18(23)21-17-9-6-5-8-16(17)19(2,3)4/h5-6,8-9,15H,7,10-14H2,1-4H3,(H,21,23)/t15-/m1/s1. The summed E-state index contributed by atoms with van der Waals surface area (Å²) in [4.78, 5) is 15.1. The van der Waals surface area contributed by atoms with E-state index < -0.39 is 0 Å². The van der Waals surface area contributed by atoms with Crippen LogP contribution in [0.5, 0.6) is 0 Å². The largest absolute Gasteiger partial charge is 0.372 e. The van der Waals surface area contributed by atoms with E-state index >= 15 is 0 Å². The maximum Gasteiger partial charge on any atom is 0.241 e. The molecule has 0 unspecified atom stereocenters. The number of nitrogens with one attached hydrogen (secondary N) is 1. The van der Waals surface area contributed by atoms with Crippen molar-refractivity contribution < 1.29 is 9.53 Å². The number of morpholine rings is 1. The third-order valence-corrected chi connectivity index (χ3v) is 5.46. The number of ether oxygens (including phenoxy) is 1. The SMILES string of the molecule is C[C@H](C(=O)Nc1ccccc1C(C)(C)C)N1CCOC2(CCC2)C1. The molecule has 1 aliphatic carbocycles. The Hall–Kier alpha value is -1.39. The molecule has 1 spiro atoms. The molecule has 0 aromatic heterocycles. The lowest BCUT2D eigenvalue weighted by molar-refractivity contribution is -0.160. The molecule has 2 fully saturated rings. The van der Waals surface area contributed by atoms with Crippen LogP contribution < -0.4 is 5.32 Å². The van der Waals surface area contributed by atoms with E-state index in [0.717, 1.165) is 38.2 Å². The zero-order chi connectivity index (χ0) is 17.4. The molecule has 1 saturated carbocycles. The molecule has 1 saturated heterocycles. The first kappa shape index (κ1) is 17.4. The highest BCUT2D eigenvalue weighted by atomic mass is 16.5. The van der Waals surface area contributed by atoms with Crippen LogP contribution in [0.4, 0.5) is 5.69 Å². The molecule has 2 aliphatic rings. The van der Waals surface area contributed by atoms with Gasteiger partial charge in [0.15, 0.2) is 0 Å². The van der Waals surface area contributed by atoms with Crippen molar-refractivity contribution in [3.63, 3.8) is 0 Å². The van der Waals surface area contributed by atoms with Crippen LogP contribution in [0, 0.1) is 0 Å². The van der Waals surface area contributed by atoms with E-state index in [1.54, 1.807) is 0 Å². The normalized spacial score (nSPS) is 22.0. The van der Waals surface area contributed by atoms with E-state index in [-0.39, 0.29) is 23.0 Å². The van der Waals surface area contributed by atoms with Crippen LogP contribution in [-0.4, -0.2) is 42.1 Å². The van der Waals surface area contributed by atoms with Crippen molar-refractivity contribution in [2.75, 3.05) is 25.0 Å². The van der Waals surface area contributed by atoms with Crippen LogP contribution in [0.25, 0.3) is 0 Å². The van der Waals surface area contributed by atoms with Gasteiger partial charge in [0.25, 0.3) is 0 Å². The van der Waals surface area contributed by atoms with Crippen LogP contribution >= 0.6 is 0 Å². The van der Waals surface area contributed by atoms with E-state index in [4.69, 9.17) is 4.74 Å². The number of carbonyl (C=O) groups excluding carboxylic acids is 1. The summed E-state index contributed by atoms with van der Waals surface area (Å²) in [5.41, 5.74) is 2.12. The maximum absolute atomic E-state index is 12.8. The van der Waals surface area contributed by atoms with Gasteiger partial charge in [0, 0.05) is 18.8 Å². The first-order chi connectivity index (χ1) is 11.3. The summed E-state index contributed by atoms with van der Waals surface area (Å²) in [6.45, 7) is 11.0. The second-order valence-electron chi connectivity index (χ2n) is 8.32. The highest BCUT2D eigenvalue weighted by Gasteiger charge is 2.43. The van der Waals surface area contributed by atoms with Gasteiger partial charge in [0.1, 0.15) is 0 Å². The molecule has 4 nitrogen and oxygen atoms in total. The van der Waals surface area contributed by atoms with Gasteiger partial charge in [-0.2, -0.15) is 0 Å². The summed E-state index contributed by atoms with van der Waals surface area (Å²) in [7, 11) is 0. The summed E-state index contributed by atoms with van der Waals surface area (Å²) in [5.74, 6) is 0.0723. The minimum atomic E-state index is -0.139. The number of rotatable bonds is 3. The number of nitrogens with zero attached hydrogens (tertiary/aromatic N) is 1. The summed E-state index contributed by atoms with van der Waals surface area (Å²) >= 11 is 0. The fourth-order valence-corrected chi connectivity index (χ4v) is 3.73. The van der Waals surface area contributed by atoms with Crippen LogP contribution in [0.3, 0.4) is 0 Å². The van der Waals surface area contributed by atoms with Crippen LogP contribution in [0.2, 0.25) is 0 Å². The van der Waals surface area contributed by atoms with Crippen molar-refractivity contribution in [1.82, 2.24) is 4.90 Å². The van der Waals surface area contributed by atoms with Crippen molar-refractivity contribution in [2.45, 2.75) is 64.0 Å². The summed E-state index contributed by atoms with van der Waals surface area (Å²) < 4.78 is 5.97. The van der Waals surface area contributed by atoms with Crippen molar-refractivity contribution in [3.8, 4) is 0 Å². The number of amides is 1. The molecular formula is C20H30N2O2. The Bertz CT molecular complexity index is 602. The molecule has 24 heavy (non-hydrogen) atoms. The molecule has 4 heteroatoms. The second kappa shape index (κ2) is 6.49. The van der Waals surface area contributed by atoms with Crippen molar-refractivity contribution in [1.29, 1.82) is 0 Å². The average molecular weight is 330 g/mol. The highest BCUT2D eigenvalue weighted by Crippen LogP contribution is 2.38. The van der Waals surface area contributed by atoms with Gasteiger partial charge in [-0.25, -0.2) is 0 Å². The molecule has 1 heterocycles. The zero-order valence-electron chi connectivity index (χ0n) is 15.4. The number of anilines is 1. The molecule has 1 amide bonds. The van der Waals surface area contributed by atoms with Gasteiger partial charge >= 0.3 is 0 Å². The Labute approximate surface area is 145 Å². The van der Waals surface area contributed by atoms with Crippen LogP contribution in [0.1, 0.15) is 52.5 Å². The monoisotopic (exact) mass is 330 g/mol. The number of carbonyl (C=O) groups is 1. The zero-order valence-corrected chi connectivity index (χ0v) is 15.4. The van der Waals surface area contributed by atoms with E-state index in [1.165, 1.54) is 12.0 Å². The number of hydrogen-bond donors (Lipinski definition) is 1. The predicted molar refractivity (Wildman–Crippen MR) is 97.3 cm³/mol. The van der Waals surface area contributed by atoms with Gasteiger partial charge in [0.05, 0.1) is 18.2 Å². The van der Waals surface area contributed by atoms with Crippen molar-refractivity contribution in [2.24, 2.45) is 0 Å². The van der Waals surface area contributed by atoms with Crippen molar-refractivity contribution >= 4 is 11.6 Å². The molecule has 1 atom stereocenters. The molecule has 1 N–H and O–H groups in total. The minimum absolute atomic E-state index is 0.00205. The number of para-hydroxylation sites is 1. The van der Waals surface area contributed by atoms with Crippen LogP contribution in [0.15, 0.2) is 24.3 Å². The van der Waals surface area contributed by atoms with Gasteiger partial charge < -0.3 is 10.1 Å². The van der Waals surface area contributed by atoms with E-state index in [2.05, 4.69) is 37.1 Å². The van der Waals surface area contributed by atoms with Gasteiger partial charge in [-0.1, -0.05) is 39.0 Å². The number of benzene rings is 1. The third-order valence-electron chi connectivity index (χ3n) is 5.46. The highest BCUT2D eigenvalue weighted by molar-refractivity contribution is 5.95. The average Bonchev–Trinajstić information content (AvgIpc) is 2.52. The van der Waals surface area contributed by atoms with Gasteiger partial charge in [-0.05, 0) is 43.2 Å². The Morgan fingerprint density at radius 3 is 2.62 bits per heavy atom. The Balaban J connectivity index is 1.69. The maximum atomic E-state index is 12.8.